The SMILES string of the molecule is c1ccc(-c2nc(-c3cccc4c3oc3c(-c5ccccc5)cccc34)nc(-c3cccc4c3sc3c(-c5cccc6c5sc5ccccc56)cccc34)n2)cc1. The lowest BCUT2D eigenvalue weighted by Gasteiger charge is -2.09. The summed E-state index contributed by atoms with van der Waals surface area (Å²) in [6.45, 7) is 0. The third-order valence-corrected chi connectivity index (χ3v) is 13.5. The van der Waals surface area contributed by atoms with Crippen LogP contribution in [0.2, 0.25) is 0 Å². The molecule has 0 radical (unpaired) electrons. The van der Waals surface area contributed by atoms with E-state index in [-0.39, 0.29) is 0 Å². The highest BCUT2D eigenvalue weighted by Gasteiger charge is 2.22. The van der Waals surface area contributed by atoms with Crippen molar-refractivity contribution in [2.24, 2.45) is 0 Å². The van der Waals surface area contributed by atoms with Gasteiger partial charge in [0, 0.05) is 78.9 Å². The molecule has 0 spiro atoms. The zero-order valence-electron chi connectivity index (χ0n) is 30.3. The second kappa shape index (κ2) is 12.8. The molecular formula is C51H29N3OS2. The van der Waals surface area contributed by atoms with Gasteiger partial charge >= 0.3 is 0 Å². The third kappa shape index (κ3) is 5.08. The molecule has 57 heavy (non-hydrogen) atoms. The molecule has 0 aliphatic heterocycles. The molecule has 4 nitrogen and oxygen atoms in total. The lowest BCUT2D eigenvalue weighted by molar-refractivity contribution is 0.670. The highest BCUT2D eigenvalue weighted by Crippen LogP contribution is 2.47. The molecule has 12 rings (SSSR count). The van der Waals surface area contributed by atoms with Gasteiger partial charge in [0.15, 0.2) is 17.5 Å². The Kier molecular flexibility index (Phi) is 7.24. The lowest BCUT2D eigenvalue weighted by atomic mass is 10.00. The summed E-state index contributed by atoms with van der Waals surface area (Å²) in [4.78, 5) is 15.6. The maximum absolute atomic E-state index is 6.83. The van der Waals surface area contributed by atoms with Crippen LogP contribution in [0.25, 0.3) is 119 Å². The van der Waals surface area contributed by atoms with Crippen LogP contribution in [0.1, 0.15) is 0 Å². The summed E-state index contributed by atoms with van der Waals surface area (Å²) in [5.41, 5.74) is 8.99. The van der Waals surface area contributed by atoms with E-state index in [1.807, 2.05) is 46.9 Å². The van der Waals surface area contributed by atoms with Crippen molar-refractivity contribution in [1.82, 2.24) is 15.0 Å². The Bertz CT molecular complexity index is 3530. The summed E-state index contributed by atoms with van der Waals surface area (Å²) in [7, 11) is 0. The minimum absolute atomic E-state index is 0.569. The summed E-state index contributed by atoms with van der Waals surface area (Å²) >= 11 is 3.68. The van der Waals surface area contributed by atoms with Crippen LogP contribution in [0.5, 0.6) is 0 Å². The van der Waals surface area contributed by atoms with Gasteiger partial charge in [0.25, 0.3) is 0 Å². The summed E-state index contributed by atoms with van der Waals surface area (Å²) < 4.78 is 11.9. The van der Waals surface area contributed by atoms with Crippen LogP contribution in [0.3, 0.4) is 0 Å². The smallest absolute Gasteiger partial charge is 0.167 e. The monoisotopic (exact) mass is 763 g/mol. The molecule has 4 heterocycles. The first-order valence-corrected chi connectivity index (χ1v) is 20.6. The molecule has 6 heteroatoms. The molecule has 0 unspecified atom stereocenters. The van der Waals surface area contributed by atoms with Crippen LogP contribution in [0.4, 0.5) is 0 Å². The second-order valence-corrected chi connectivity index (χ2v) is 16.3. The molecule has 0 atom stereocenters. The van der Waals surface area contributed by atoms with E-state index in [9.17, 15) is 0 Å². The van der Waals surface area contributed by atoms with Gasteiger partial charge in [-0.2, -0.15) is 0 Å². The van der Waals surface area contributed by atoms with Gasteiger partial charge in [-0.25, -0.2) is 15.0 Å². The van der Waals surface area contributed by atoms with Crippen LogP contribution in [-0.2, 0) is 0 Å². The molecule has 0 aliphatic carbocycles. The average molecular weight is 764 g/mol. The molecule has 4 aromatic heterocycles. The summed E-state index contributed by atoms with van der Waals surface area (Å²) in [6, 6.07) is 61.8. The maximum atomic E-state index is 6.83. The molecule has 0 fully saturated rings. The molecule has 0 amide bonds. The Hall–Kier alpha value is -6.99. The van der Waals surface area contributed by atoms with Gasteiger partial charge in [0.1, 0.15) is 11.2 Å². The molecule has 0 aliphatic rings. The molecule has 0 bridgehead atoms. The standard InChI is InChI=1S/C51H29N3OS2/c1-3-14-30(15-4-1)32-19-9-20-34-35-21-10-27-41(45(35)55-44(32)34)50-52-49(31-16-5-2-6-17-31)53-51(54-50)42-28-13-26-40-39-25-12-24-38(47(39)57-48(40)42)37-23-11-22-36-33-18-7-8-29-43(33)56-46(36)37/h1-29H. The fourth-order valence-electron chi connectivity index (χ4n) is 8.34. The number of benzene rings is 8. The third-order valence-electron chi connectivity index (χ3n) is 11.0. The van der Waals surface area contributed by atoms with E-state index in [0.717, 1.165) is 54.5 Å². The molecule has 8 aromatic carbocycles. The van der Waals surface area contributed by atoms with E-state index in [4.69, 9.17) is 19.4 Å². The molecule has 0 N–H and O–H groups in total. The molecule has 0 saturated heterocycles. The minimum atomic E-state index is 0.569. The Morgan fingerprint density at radius 1 is 0.298 bits per heavy atom. The minimum Gasteiger partial charge on any atom is -0.455 e. The first kappa shape index (κ1) is 32.3. The number of rotatable bonds is 5. The fourth-order valence-corrected chi connectivity index (χ4v) is 10.9. The number of para-hydroxylation sites is 2. The topological polar surface area (TPSA) is 51.8 Å². The highest BCUT2D eigenvalue weighted by atomic mass is 32.1. The lowest BCUT2D eigenvalue weighted by Crippen LogP contribution is -2.00. The Balaban J connectivity index is 1.08. The van der Waals surface area contributed by atoms with Gasteiger partial charge in [-0.15, -0.1) is 22.7 Å². The van der Waals surface area contributed by atoms with Crippen molar-refractivity contribution in [3.05, 3.63) is 176 Å². The van der Waals surface area contributed by atoms with E-state index in [1.165, 1.54) is 46.8 Å². The first-order valence-electron chi connectivity index (χ1n) is 18.9. The van der Waals surface area contributed by atoms with Gasteiger partial charge in [0.2, 0.25) is 0 Å². The number of nitrogens with zero attached hydrogens (tertiary/aromatic N) is 3. The molecule has 12 aromatic rings. The fraction of sp³-hybridized carbons (Fsp3) is 0. The molecular weight excluding hydrogens is 735 g/mol. The van der Waals surface area contributed by atoms with Crippen molar-refractivity contribution in [3.63, 3.8) is 0 Å². The largest absolute Gasteiger partial charge is 0.455 e. The van der Waals surface area contributed by atoms with Crippen LogP contribution >= 0.6 is 22.7 Å². The number of aromatic nitrogens is 3. The van der Waals surface area contributed by atoms with Crippen molar-refractivity contribution in [2.75, 3.05) is 0 Å². The van der Waals surface area contributed by atoms with Crippen LogP contribution < -0.4 is 0 Å². The second-order valence-electron chi connectivity index (χ2n) is 14.3. The van der Waals surface area contributed by atoms with Crippen LogP contribution in [0.15, 0.2) is 180 Å². The van der Waals surface area contributed by atoms with Gasteiger partial charge in [-0.3, -0.25) is 0 Å². The van der Waals surface area contributed by atoms with Gasteiger partial charge in [-0.1, -0.05) is 158 Å². The zero-order valence-corrected chi connectivity index (χ0v) is 31.9. The molecule has 266 valence electrons. The summed E-state index contributed by atoms with van der Waals surface area (Å²) in [5, 5.41) is 7.10. The van der Waals surface area contributed by atoms with Crippen molar-refractivity contribution in [2.45, 2.75) is 0 Å². The van der Waals surface area contributed by atoms with E-state index < -0.39 is 0 Å². The number of furan rings is 1. The predicted octanol–water partition coefficient (Wildman–Crippen LogP) is 14.8. The maximum Gasteiger partial charge on any atom is 0.167 e. The van der Waals surface area contributed by atoms with Crippen LogP contribution in [-0.4, -0.2) is 15.0 Å². The van der Waals surface area contributed by atoms with Crippen molar-refractivity contribution in [3.8, 4) is 56.4 Å². The van der Waals surface area contributed by atoms with Gasteiger partial charge in [-0.05, 0) is 23.8 Å². The summed E-state index contributed by atoms with van der Waals surface area (Å²) in [5.74, 6) is 1.81. The Morgan fingerprint density at radius 2 is 0.737 bits per heavy atom. The van der Waals surface area contributed by atoms with Crippen LogP contribution in [0, 0.1) is 0 Å². The predicted molar refractivity (Wildman–Crippen MR) is 240 cm³/mol. The summed E-state index contributed by atoms with van der Waals surface area (Å²) in [6.07, 6.45) is 0. The number of hydrogen-bond acceptors (Lipinski definition) is 6. The zero-order chi connectivity index (χ0) is 37.5. The van der Waals surface area contributed by atoms with E-state index in [1.54, 1.807) is 0 Å². The molecule has 0 saturated carbocycles. The van der Waals surface area contributed by atoms with E-state index >= 15 is 0 Å². The quantitative estimate of drug-likeness (QED) is 0.175. The normalized spacial score (nSPS) is 11.9. The van der Waals surface area contributed by atoms with Crippen molar-refractivity contribution >= 4 is 85.0 Å². The number of hydrogen-bond donors (Lipinski definition) is 0. The number of fused-ring (bicyclic) bond motifs is 9. The number of thiophene rings is 2. The van der Waals surface area contributed by atoms with Gasteiger partial charge in [0.05, 0.1) is 5.56 Å². The van der Waals surface area contributed by atoms with Crippen molar-refractivity contribution in [1.29, 1.82) is 0 Å². The van der Waals surface area contributed by atoms with Crippen molar-refractivity contribution < 1.29 is 4.42 Å². The van der Waals surface area contributed by atoms with E-state index in [0.29, 0.717) is 17.5 Å². The Labute approximate surface area is 335 Å². The Morgan fingerprint density at radius 3 is 1.42 bits per heavy atom. The van der Waals surface area contributed by atoms with E-state index in [2.05, 4.69) is 152 Å². The average Bonchev–Trinajstić information content (AvgIpc) is 3.98. The first-order chi connectivity index (χ1) is 28.3. The van der Waals surface area contributed by atoms with Gasteiger partial charge < -0.3 is 4.42 Å². The highest BCUT2D eigenvalue weighted by molar-refractivity contribution is 7.27.